The maximum absolute atomic E-state index is 12.5. The molecule has 7 nitrogen and oxygen atoms in total. The molecular weight excluding hydrogens is 464 g/mol. The molecule has 0 N–H and O–H groups in total. The van der Waals surface area contributed by atoms with Crippen molar-refractivity contribution in [2.24, 2.45) is 5.10 Å². The number of ether oxygens (including phenoxy) is 2. The van der Waals surface area contributed by atoms with Crippen LogP contribution in [0.3, 0.4) is 0 Å². The Hall–Kier alpha value is -3.84. The highest BCUT2D eigenvalue weighted by Gasteiger charge is 2.32. The minimum absolute atomic E-state index is 0.0703. The van der Waals surface area contributed by atoms with Gasteiger partial charge in [0.25, 0.3) is 0 Å². The van der Waals surface area contributed by atoms with Crippen LogP contribution in [0.5, 0.6) is 11.5 Å². The van der Waals surface area contributed by atoms with Crippen molar-refractivity contribution in [2.45, 2.75) is 25.9 Å². The van der Waals surface area contributed by atoms with Gasteiger partial charge in [-0.1, -0.05) is 42.5 Å². The zero-order valence-electron chi connectivity index (χ0n) is 21.8. The quantitative estimate of drug-likeness (QED) is 0.472. The maximum Gasteiger partial charge on any atom is 0.240 e. The predicted molar refractivity (Wildman–Crippen MR) is 146 cm³/mol. The van der Waals surface area contributed by atoms with E-state index in [1.807, 2.05) is 18.2 Å². The molecule has 2 aliphatic heterocycles. The Balaban J connectivity index is 1.25. The molecule has 2 heterocycles. The Morgan fingerprint density at radius 3 is 2.24 bits per heavy atom. The van der Waals surface area contributed by atoms with Gasteiger partial charge in [-0.25, -0.2) is 5.01 Å². The summed E-state index contributed by atoms with van der Waals surface area (Å²) < 4.78 is 10.8. The molecule has 1 fully saturated rings. The molecule has 192 valence electrons. The van der Waals surface area contributed by atoms with Gasteiger partial charge in [-0.3, -0.25) is 9.69 Å². The lowest BCUT2D eigenvalue weighted by molar-refractivity contribution is -0.130. The SMILES string of the molecule is COc1ccc(C2=NN(C(C)=O)C(c3ccc(N4CCN(Cc5ccccc5)CC4)cc3)C2)cc1OC. The molecule has 0 aliphatic carbocycles. The molecule has 7 heteroatoms. The molecule has 5 rings (SSSR count). The number of piperazine rings is 1. The summed E-state index contributed by atoms with van der Waals surface area (Å²) in [6.45, 7) is 6.65. The van der Waals surface area contributed by atoms with Crippen LogP contribution >= 0.6 is 0 Å². The first kappa shape index (κ1) is 24.8. The van der Waals surface area contributed by atoms with E-state index < -0.39 is 0 Å². The summed E-state index contributed by atoms with van der Waals surface area (Å²) in [5.74, 6) is 1.24. The molecule has 0 radical (unpaired) electrons. The van der Waals surface area contributed by atoms with E-state index in [9.17, 15) is 4.79 Å². The van der Waals surface area contributed by atoms with Crippen molar-refractivity contribution in [3.05, 3.63) is 89.5 Å². The van der Waals surface area contributed by atoms with Gasteiger partial charge in [0.2, 0.25) is 5.91 Å². The van der Waals surface area contributed by atoms with Crippen LogP contribution in [0.2, 0.25) is 0 Å². The van der Waals surface area contributed by atoms with E-state index in [1.54, 1.807) is 26.2 Å². The molecule has 0 spiro atoms. The van der Waals surface area contributed by atoms with Crippen LogP contribution < -0.4 is 14.4 Å². The van der Waals surface area contributed by atoms with Gasteiger partial charge in [0, 0.05) is 57.3 Å². The topological polar surface area (TPSA) is 57.6 Å². The smallest absolute Gasteiger partial charge is 0.240 e. The second kappa shape index (κ2) is 11.0. The average Bonchev–Trinajstić information content (AvgIpc) is 3.40. The number of carbonyl (C=O) groups is 1. The van der Waals surface area contributed by atoms with E-state index in [2.05, 4.69) is 69.5 Å². The number of benzene rings is 3. The Bertz CT molecular complexity index is 1250. The van der Waals surface area contributed by atoms with Crippen LogP contribution in [0.25, 0.3) is 0 Å². The Morgan fingerprint density at radius 1 is 0.892 bits per heavy atom. The molecule has 3 aromatic carbocycles. The molecular formula is C30H34N4O3. The molecule has 1 atom stereocenters. The summed E-state index contributed by atoms with van der Waals surface area (Å²) in [5.41, 5.74) is 5.45. The lowest BCUT2D eigenvalue weighted by Gasteiger charge is -2.36. The van der Waals surface area contributed by atoms with Crippen molar-refractivity contribution in [1.29, 1.82) is 0 Å². The second-order valence-corrected chi connectivity index (χ2v) is 9.54. The van der Waals surface area contributed by atoms with Gasteiger partial charge >= 0.3 is 0 Å². The van der Waals surface area contributed by atoms with E-state index in [0.717, 1.165) is 49.6 Å². The highest BCUT2D eigenvalue weighted by Crippen LogP contribution is 2.36. The Morgan fingerprint density at radius 2 is 1.59 bits per heavy atom. The van der Waals surface area contributed by atoms with Crippen molar-refractivity contribution >= 4 is 17.3 Å². The number of anilines is 1. The number of rotatable bonds is 7. The highest BCUT2D eigenvalue weighted by atomic mass is 16.5. The fraction of sp³-hybridized carbons (Fsp3) is 0.333. The van der Waals surface area contributed by atoms with Crippen LogP contribution in [0.1, 0.15) is 36.1 Å². The first-order chi connectivity index (χ1) is 18.1. The van der Waals surface area contributed by atoms with E-state index in [1.165, 1.54) is 11.3 Å². The van der Waals surface area contributed by atoms with Gasteiger partial charge in [-0.05, 0) is 41.5 Å². The van der Waals surface area contributed by atoms with Crippen molar-refractivity contribution in [2.75, 3.05) is 45.3 Å². The van der Waals surface area contributed by atoms with Gasteiger partial charge < -0.3 is 14.4 Å². The average molecular weight is 499 g/mol. The summed E-state index contributed by atoms with van der Waals surface area (Å²) in [6, 6.07) is 24.9. The third-order valence-electron chi connectivity index (χ3n) is 7.21. The van der Waals surface area contributed by atoms with Crippen molar-refractivity contribution in [3.8, 4) is 11.5 Å². The van der Waals surface area contributed by atoms with Crippen molar-refractivity contribution in [1.82, 2.24) is 9.91 Å². The minimum atomic E-state index is -0.127. The standard InChI is InChI=1S/C30H34N4O3/c1-22(35)34-28(20-27(31-34)25-11-14-29(36-2)30(19-25)37-3)24-9-12-26(13-10-24)33-17-15-32(16-18-33)21-23-7-5-4-6-8-23/h4-14,19,28H,15-18,20-21H2,1-3H3. The predicted octanol–water partition coefficient (Wildman–Crippen LogP) is 4.72. The molecule has 0 saturated carbocycles. The van der Waals surface area contributed by atoms with Gasteiger partial charge in [0.15, 0.2) is 11.5 Å². The van der Waals surface area contributed by atoms with E-state index in [0.29, 0.717) is 17.9 Å². The summed E-state index contributed by atoms with van der Waals surface area (Å²) >= 11 is 0. The Labute approximate surface area is 218 Å². The summed E-state index contributed by atoms with van der Waals surface area (Å²) in [7, 11) is 3.24. The van der Waals surface area contributed by atoms with Crippen LogP contribution in [0, 0.1) is 0 Å². The Kier molecular flexibility index (Phi) is 7.42. The van der Waals surface area contributed by atoms with Crippen LogP contribution in [0.4, 0.5) is 5.69 Å². The fourth-order valence-electron chi connectivity index (χ4n) is 5.16. The third-order valence-corrected chi connectivity index (χ3v) is 7.21. The van der Waals surface area contributed by atoms with E-state index in [4.69, 9.17) is 9.47 Å². The van der Waals surface area contributed by atoms with E-state index >= 15 is 0 Å². The number of hydrazone groups is 1. The van der Waals surface area contributed by atoms with Crippen molar-refractivity contribution in [3.63, 3.8) is 0 Å². The number of carbonyl (C=O) groups excluding carboxylic acids is 1. The molecule has 37 heavy (non-hydrogen) atoms. The van der Waals surface area contributed by atoms with Gasteiger partial charge in [-0.15, -0.1) is 0 Å². The lowest BCUT2D eigenvalue weighted by Crippen LogP contribution is -2.45. The number of hydrogen-bond donors (Lipinski definition) is 0. The minimum Gasteiger partial charge on any atom is -0.493 e. The molecule has 1 saturated heterocycles. The number of amides is 1. The van der Waals surface area contributed by atoms with Crippen LogP contribution in [0.15, 0.2) is 77.9 Å². The van der Waals surface area contributed by atoms with Crippen LogP contribution in [-0.4, -0.2) is 61.9 Å². The molecule has 0 bridgehead atoms. The lowest BCUT2D eigenvalue weighted by atomic mass is 9.97. The van der Waals surface area contributed by atoms with Crippen LogP contribution in [-0.2, 0) is 11.3 Å². The van der Waals surface area contributed by atoms with Gasteiger partial charge in [0.05, 0.1) is 26.0 Å². The second-order valence-electron chi connectivity index (χ2n) is 9.54. The number of hydrogen-bond acceptors (Lipinski definition) is 6. The molecule has 0 aromatic heterocycles. The number of methoxy groups -OCH3 is 2. The largest absolute Gasteiger partial charge is 0.493 e. The number of nitrogens with zero attached hydrogens (tertiary/aromatic N) is 4. The monoisotopic (exact) mass is 498 g/mol. The summed E-state index contributed by atoms with van der Waals surface area (Å²) in [6.07, 6.45) is 0.645. The van der Waals surface area contributed by atoms with Gasteiger partial charge in [0.1, 0.15) is 0 Å². The summed E-state index contributed by atoms with van der Waals surface area (Å²) in [4.78, 5) is 17.4. The van der Waals surface area contributed by atoms with E-state index in [-0.39, 0.29) is 11.9 Å². The zero-order chi connectivity index (χ0) is 25.8. The first-order valence-corrected chi connectivity index (χ1v) is 12.8. The molecule has 2 aliphatic rings. The summed E-state index contributed by atoms with van der Waals surface area (Å²) in [5, 5.41) is 6.29. The normalized spacial score (nSPS) is 18.0. The fourth-order valence-corrected chi connectivity index (χ4v) is 5.16. The third kappa shape index (κ3) is 5.47. The highest BCUT2D eigenvalue weighted by molar-refractivity contribution is 6.03. The zero-order valence-corrected chi connectivity index (χ0v) is 21.8. The molecule has 1 amide bonds. The maximum atomic E-state index is 12.5. The van der Waals surface area contributed by atoms with Gasteiger partial charge in [-0.2, -0.15) is 5.10 Å². The molecule has 3 aromatic rings. The molecule has 1 unspecified atom stereocenters. The van der Waals surface area contributed by atoms with Crippen molar-refractivity contribution < 1.29 is 14.3 Å². The first-order valence-electron chi connectivity index (χ1n) is 12.8.